The van der Waals surface area contributed by atoms with Gasteiger partial charge in [-0.2, -0.15) is 0 Å². The van der Waals surface area contributed by atoms with Gasteiger partial charge in [0.1, 0.15) is 0 Å². The molecule has 0 aliphatic heterocycles. The Bertz CT molecular complexity index is 685. The highest BCUT2D eigenvalue weighted by Gasteiger charge is 2.38. The van der Waals surface area contributed by atoms with Gasteiger partial charge in [-0.25, -0.2) is 0 Å². The molecule has 0 radical (unpaired) electrons. The predicted molar refractivity (Wildman–Crippen MR) is 131 cm³/mol. The SMILES string of the molecule is C/C=C/CCc1ccc(C2CCC(C3CCC4CC(/C=C/C)CCC4C3)CC2)cc1. The summed E-state index contributed by atoms with van der Waals surface area (Å²) in [5, 5.41) is 0. The van der Waals surface area contributed by atoms with Gasteiger partial charge in [0.15, 0.2) is 0 Å². The first-order valence-electron chi connectivity index (χ1n) is 13.1. The van der Waals surface area contributed by atoms with E-state index in [0.717, 1.165) is 35.5 Å². The molecular weight excluding hydrogens is 360 g/mol. The number of fused-ring (bicyclic) bond motifs is 1. The summed E-state index contributed by atoms with van der Waals surface area (Å²) in [5.41, 5.74) is 3.10. The van der Waals surface area contributed by atoms with Crippen LogP contribution in [-0.4, -0.2) is 0 Å². The molecule has 0 amide bonds. The highest BCUT2D eigenvalue weighted by atomic mass is 14.4. The lowest BCUT2D eigenvalue weighted by Crippen LogP contribution is -2.34. The molecule has 4 rings (SSSR count). The van der Waals surface area contributed by atoms with Crippen LogP contribution in [-0.2, 0) is 6.42 Å². The van der Waals surface area contributed by atoms with Gasteiger partial charge in [-0.05, 0) is 138 Å². The minimum Gasteiger partial charge on any atom is -0.0917 e. The molecule has 3 aliphatic rings. The molecule has 4 unspecified atom stereocenters. The molecule has 164 valence electrons. The third-order valence-electron chi connectivity index (χ3n) is 8.88. The first-order chi connectivity index (χ1) is 14.8. The molecule has 0 spiro atoms. The van der Waals surface area contributed by atoms with Gasteiger partial charge in [0, 0.05) is 0 Å². The maximum Gasteiger partial charge on any atom is -0.0162 e. The van der Waals surface area contributed by atoms with Crippen molar-refractivity contribution in [1.29, 1.82) is 0 Å². The fraction of sp³-hybridized carbons (Fsp3) is 0.667. The van der Waals surface area contributed by atoms with Crippen LogP contribution in [0.1, 0.15) is 102 Å². The van der Waals surface area contributed by atoms with Crippen molar-refractivity contribution >= 4 is 0 Å². The average Bonchev–Trinajstić information content (AvgIpc) is 2.80. The maximum atomic E-state index is 2.48. The van der Waals surface area contributed by atoms with E-state index in [-0.39, 0.29) is 0 Å². The van der Waals surface area contributed by atoms with E-state index in [9.17, 15) is 0 Å². The highest BCUT2D eigenvalue weighted by molar-refractivity contribution is 5.26. The van der Waals surface area contributed by atoms with Crippen molar-refractivity contribution in [2.45, 2.75) is 96.8 Å². The normalized spacial score (nSPS) is 35.0. The van der Waals surface area contributed by atoms with Crippen LogP contribution in [0.5, 0.6) is 0 Å². The van der Waals surface area contributed by atoms with Crippen LogP contribution in [0, 0.1) is 29.6 Å². The lowest BCUT2D eigenvalue weighted by Gasteiger charge is -2.45. The molecule has 3 saturated carbocycles. The number of hydrogen-bond donors (Lipinski definition) is 0. The largest absolute Gasteiger partial charge is 0.0917 e. The monoisotopic (exact) mass is 404 g/mol. The van der Waals surface area contributed by atoms with Crippen LogP contribution in [0.3, 0.4) is 0 Å². The van der Waals surface area contributed by atoms with E-state index in [2.05, 4.69) is 62.4 Å². The Morgan fingerprint density at radius 3 is 2.03 bits per heavy atom. The van der Waals surface area contributed by atoms with E-state index in [1.54, 1.807) is 12.0 Å². The molecule has 0 bridgehead atoms. The van der Waals surface area contributed by atoms with Gasteiger partial charge in [0.05, 0.1) is 0 Å². The molecule has 4 atom stereocenters. The Labute approximate surface area is 186 Å². The summed E-state index contributed by atoms with van der Waals surface area (Å²) in [6, 6.07) is 9.64. The molecule has 0 heteroatoms. The third-order valence-corrected chi connectivity index (χ3v) is 8.88. The maximum absolute atomic E-state index is 2.48. The smallest absolute Gasteiger partial charge is 0.0162 e. The molecular formula is C30H44. The average molecular weight is 405 g/mol. The summed E-state index contributed by atoms with van der Waals surface area (Å²) >= 11 is 0. The second kappa shape index (κ2) is 10.8. The van der Waals surface area contributed by atoms with Crippen LogP contribution in [0.2, 0.25) is 0 Å². The van der Waals surface area contributed by atoms with Gasteiger partial charge >= 0.3 is 0 Å². The first-order valence-corrected chi connectivity index (χ1v) is 13.1. The Morgan fingerprint density at radius 1 is 0.700 bits per heavy atom. The minimum atomic E-state index is 0.818. The standard InChI is InChI=1S/C30H44/c1-3-5-6-8-23-9-12-25(13-10-23)26-15-17-27(18-16-26)29-20-19-28-21-24(7-4-2)11-14-30(28)22-29/h3-5,7,9-10,12-13,24,26-30H,6,8,11,14-22H2,1-2H3/b5-3+,7-4+. The van der Waals surface area contributed by atoms with Crippen molar-refractivity contribution in [2.75, 3.05) is 0 Å². The molecule has 3 aliphatic carbocycles. The van der Waals surface area contributed by atoms with Crippen molar-refractivity contribution in [3.8, 4) is 0 Å². The minimum absolute atomic E-state index is 0.818. The first kappa shape index (κ1) is 21.9. The van der Waals surface area contributed by atoms with Crippen molar-refractivity contribution in [2.24, 2.45) is 29.6 Å². The zero-order valence-corrected chi connectivity index (χ0v) is 19.6. The van der Waals surface area contributed by atoms with Crippen molar-refractivity contribution < 1.29 is 0 Å². The second-order valence-corrected chi connectivity index (χ2v) is 10.7. The van der Waals surface area contributed by atoms with E-state index in [0.29, 0.717) is 0 Å². The van der Waals surface area contributed by atoms with E-state index in [1.165, 1.54) is 76.2 Å². The molecule has 1 aromatic carbocycles. The van der Waals surface area contributed by atoms with Crippen molar-refractivity contribution in [3.05, 3.63) is 59.7 Å². The molecule has 0 heterocycles. The van der Waals surface area contributed by atoms with E-state index >= 15 is 0 Å². The number of allylic oxidation sites excluding steroid dienone is 4. The fourth-order valence-corrected chi connectivity index (χ4v) is 7.13. The van der Waals surface area contributed by atoms with Crippen LogP contribution in [0.25, 0.3) is 0 Å². The summed E-state index contributed by atoms with van der Waals surface area (Å²) in [4.78, 5) is 0. The Morgan fingerprint density at radius 2 is 1.33 bits per heavy atom. The summed E-state index contributed by atoms with van der Waals surface area (Å²) in [5.74, 6) is 5.86. The predicted octanol–water partition coefficient (Wildman–Crippen LogP) is 8.88. The zero-order valence-electron chi connectivity index (χ0n) is 19.6. The molecule has 1 aromatic rings. The lowest BCUT2D eigenvalue weighted by atomic mass is 9.61. The quantitative estimate of drug-likeness (QED) is 0.415. The van der Waals surface area contributed by atoms with E-state index in [4.69, 9.17) is 0 Å². The number of benzene rings is 1. The third kappa shape index (κ3) is 5.49. The summed E-state index contributed by atoms with van der Waals surface area (Å²) in [7, 11) is 0. The molecule has 30 heavy (non-hydrogen) atoms. The Hall–Kier alpha value is -1.30. The van der Waals surface area contributed by atoms with Crippen molar-refractivity contribution in [3.63, 3.8) is 0 Å². The summed E-state index contributed by atoms with van der Waals surface area (Å²) in [6.07, 6.45) is 26.4. The van der Waals surface area contributed by atoms with E-state index in [1.807, 2.05) is 0 Å². The fourth-order valence-electron chi connectivity index (χ4n) is 7.13. The second-order valence-electron chi connectivity index (χ2n) is 10.7. The number of hydrogen-bond acceptors (Lipinski definition) is 0. The molecule has 0 nitrogen and oxygen atoms in total. The number of rotatable bonds is 6. The lowest BCUT2D eigenvalue weighted by molar-refractivity contribution is 0.0719. The summed E-state index contributed by atoms with van der Waals surface area (Å²) < 4.78 is 0. The Balaban J connectivity index is 1.24. The van der Waals surface area contributed by atoms with Crippen LogP contribution in [0.4, 0.5) is 0 Å². The van der Waals surface area contributed by atoms with Crippen LogP contribution < -0.4 is 0 Å². The Kier molecular flexibility index (Phi) is 7.91. The molecule has 0 aromatic heterocycles. The van der Waals surface area contributed by atoms with Crippen LogP contribution >= 0.6 is 0 Å². The number of aryl methyl sites for hydroxylation is 1. The van der Waals surface area contributed by atoms with Gasteiger partial charge < -0.3 is 0 Å². The topological polar surface area (TPSA) is 0 Å². The van der Waals surface area contributed by atoms with E-state index < -0.39 is 0 Å². The van der Waals surface area contributed by atoms with Crippen molar-refractivity contribution in [1.82, 2.24) is 0 Å². The van der Waals surface area contributed by atoms with Gasteiger partial charge in [0.25, 0.3) is 0 Å². The van der Waals surface area contributed by atoms with Gasteiger partial charge in [-0.15, -0.1) is 0 Å². The molecule has 0 N–H and O–H groups in total. The van der Waals surface area contributed by atoms with Crippen LogP contribution in [0.15, 0.2) is 48.6 Å². The van der Waals surface area contributed by atoms with Gasteiger partial charge in [-0.3, -0.25) is 0 Å². The molecule has 0 saturated heterocycles. The van der Waals surface area contributed by atoms with Gasteiger partial charge in [0.2, 0.25) is 0 Å². The zero-order chi connectivity index (χ0) is 20.8. The highest BCUT2D eigenvalue weighted by Crippen LogP contribution is 2.50. The molecule has 3 fully saturated rings. The van der Waals surface area contributed by atoms with Gasteiger partial charge in [-0.1, -0.05) is 48.6 Å². The summed E-state index contributed by atoms with van der Waals surface area (Å²) in [6.45, 7) is 4.31.